The van der Waals surface area contributed by atoms with Crippen molar-refractivity contribution < 1.29 is 98.7 Å². The van der Waals surface area contributed by atoms with E-state index in [0.717, 1.165) is 57.1 Å². The number of H-pyrrole nitrogens is 3. The number of hydrogen-bond donors (Lipinski definition) is 15. The molecule has 0 bridgehead atoms. The minimum Gasteiger partial charge on any atom is -0.388 e. The van der Waals surface area contributed by atoms with Crippen molar-refractivity contribution in [1.82, 2.24) is 49.1 Å². The van der Waals surface area contributed by atoms with E-state index in [1.165, 1.54) is 55.6 Å². The van der Waals surface area contributed by atoms with Crippen molar-refractivity contribution in [3.63, 3.8) is 0 Å². The molecule has 0 radical (unpaired) electrons. The first-order valence-corrected chi connectivity index (χ1v) is 55.0. The smallest absolute Gasteiger partial charge is 0.330 e. The summed E-state index contributed by atoms with van der Waals surface area (Å²) in [5.74, 6) is -1.34. The molecule has 0 saturated carbocycles. The molecule has 41 heteroatoms. The van der Waals surface area contributed by atoms with Gasteiger partial charge in [-0.25, -0.2) is 14.4 Å². The molecule has 7 aliphatic rings. The van der Waals surface area contributed by atoms with E-state index in [2.05, 4.69) is 125 Å². The number of ether oxygens (including phenoxy) is 5. The van der Waals surface area contributed by atoms with Gasteiger partial charge < -0.3 is 95.2 Å². The van der Waals surface area contributed by atoms with Gasteiger partial charge in [0.25, 0.3) is 28.5 Å². The number of allylic oxidation sites excluding steroid dienone is 2. The highest BCUT2D eigenvalue weighted by molar-refractivity contribution is 7.73. The first-order valence-electron chi connectivity index (χ1n) is 39.8. The summed E-state index contributed by atoms with van der Waals surface area (Å²) in [5.41, 5.74) is -3.60. The predicted octanol–water partition coefficient (Wildman–Crippen LogP) is 0.797. The first-order chi connectivity index (χ1) is 56.8. The maximum absolute atomic E-state index is 12.2. The van der Waals surface area contributed by atoms with Crippen molar-refractivity contribution in [1.29, 1.82) is 0 Å². The molecule has 3 aromatic heterocycles. The third-order valence-corrected chi connectivity index (χ3v) is 27.8. The number of hydrogen-bond acceptors (Lipinski definition) is 28. The average molecular weight is 1820 g/mol. The molecule has 5 unspecified atom stereocenters. The van der Waals surface area contributed by atoms with Gasteiger partial charge in [-0.15, -0.1) is 65.9 Å². The summed E-state index contributed by atoms with van der Waals surface area (Å²) in [4.78, 5) is 139. The Morgan fingerprint density at radius 3 is 1.06 bits per heavy atom. The zero-order valence-corrected chi connectivity index (χ0v) is 76.9. The molecule has 10 rings (SSSR count). The van der Waals surface area contributed by atoms with Crippen LogP contribution in [0.25, 0.3) is 12.2 Å². The summed E-state index contributed by atoms with van der Waals surface area (Å²) < 4.78 is 31.8. The second-order valence-electron chi connectivity index (χ2n) is 35.0. The van der Waals surface area contributed by atoms with Crippen molar-refractivity contribution in [3.8, 4) is 0 Å². The lowest BCUT2D eigenvalue weighted by atomic mass is 10.1. The highest BCUT2D eigenvalue weighted by Gasteiger charge is 2.50. The molecular formula is C82H127N10O26P5. The number of nitrogens with one attached hydrogen (secondary N) is 5. The third-order valence-electron chi connectivity index (χ3n) is 20.4. The molecule has 0 aliphatic carbocycles. The largest absolute Gasteiger partial charge is 0.388 e. The van der Waals surface area contributed by atoms with Crippen molar-refractivity contribution in [2.24, 2.45) is 0 Å². The molecule has 3 aromatic rings. The number of carbonyl (C=O) groups excluding carboxylic acids is 5. The van der Waals surface area contributed by atoms with Crippen molar-refractivity contribution in [3.05, 3.63) is 171 Å². The highest BCUT2D eigenvalue weighted by atomic mass is 31.2. The van der Waals surface area contributed by atoms with Gasteiger partial charge in [-0.3, -0.25) is 67.0 Å². The van der Waals surface area contributed by atoms with Crippen LogP contribution >= 0.6 is 34.4 Å². The van der Waals surface area contributed by atoms with Crippen molar-refractivity contribution >= 4 is 107 Å². The number of aliphatic hydroxyl groups excluding tert-OH is 10. The van der Waals surface area contributed by atoms with E-state index in [9.17, 15) is 104 Å². The van der Waals surface area contributed by atoms with Gasteiger partial charge in [0.1, 0.15) is 78.5 Å². The van der Waals surface area contributed by atoms with Crippen LogP contribution in [-0.2, 0) is 42.9 Å². The summed E-state index contributed by atoms with van der Waals surface area (Å²) in [6, 6.07) is 0. The fraction of sp³-hybridized carbons (Fsp3) is 0.561. The molecule has 5 fully saturated rings. The van der Waals surface area contributed by atoms with Gasteiger partial charge in [-0.1, -0.05) is 44.9 Å². The fourth-order valence-corrected chi connectivity index (χ4v) is 18.2. The van der Waals surface area contributed by atoms with Crippen molar-refractivity contribution in [2.45, 2.75) is 195 Å². The molecule has 15 N–H and O–H groups in total. The molecule has 0 spiro atoms. The maximum Gasteiger partial charge on any atom is 0.330 e. The fourth-order valence-electron chi connectivity index (χ4n) is 13.4. The monoisotopic (exact) mass is 1820 g/mol. The van der Waals surface area contributed by atoms with Gasteiger partial charge in [-0.05, 0) is 169 Å². The van der Waals surface area contributed by atoms with E-state index in [4.69, 9.17) is 23.7 Å². The molecule has 7 aliphatic heterocycles. The number of ketones is 3. The molecule has 686 valence electrons. The lowest BCUT2D eigenvalue weighted by Gasteiger charge is -2.34. The number of amides is 2. The zero-order chi connectivity index (χ0) is 93.0. The Labute approximate surface area is 715 Å². The van der Waals surface area contributed by atoms with E-state index in [1.54, 1.807) is 30.2 Å². The second kappa shape index (κ2) is 43.9. The summed E-state index contributed by atoms with van der Waals surface area (Å²) in [6.45, 7) is 31.6. The molecule has 2 amide bonds. The molecule has 20 atom stereocenters. The Kier molecular flexibility index (Phi) is 37.3. The van der Waals surface area contributed by atoms with Gasteiger partial charge in [0.2, 0.25) is 0 Å². The summed E-state index contributed by atoms with van der Waals surface area (Å²) in [7, 11) is 0. The van der Waals surface area contributed by atoms with E-state index in [0.29, 0.717) is 60.5 Å². The van der Waals surface area contributed by atoms with E-state index in [-0.39, 0.29) is 28.7 Å². The van der Waals surface area contributed by atoms with Crippen LogP contribution in [0.2, 0.25) is 0 Å². The van der Waals surface area contributed by atoms with Crippen LogP contribution in [0.3, 0.4) is 0 Å². The van der Waals surface area contributed by atoms with Gasteiger partial charge in [0.05, 0.1) is 59.2 Å². The van der Waals surface area contributed by atoms with Crippen LogP contribution in [0.1, 0.15) is 113 Å². The number of carbonyl (C=O) groups is 5. The lowest BCUT2D eigenvalue weighted by Crippen LogP contribution is -2.47. The predicted molar refractivity (Wildman–Crippen MR) is 489 cm³/mol. The lowest BCUT2D eigenvalue weighted by molar-refractivity contribution is -0.120. The van der Waals surface area contributed by atoms with Crippen LogP contribution in [-0.4, -0.2) is 352 Å². The Morgan fingerprint density at radius 2 is 0.740 bits per heavy atom. The summed E-state index contributed by atoms with van der Waals surface area (Å²) in [6.07, 6.45) is 22.2. The van der Waals surface area contributed by atoms with E-state index >= 15 is 0 Å². The summed E-state index contributed by atoms with van der Waals surface area (Å²) >= 11 is 0. The quantitative estimate of drug-likeness (QED) is 0.0207. The number of aromatic nitrogens is 6. The number of aliphatic hydroxyl groups is 10. The Morgan fingerprint density at radius 1 is 0.439 bits per heavy atom. The first kappa shape index (κ1) is 104. The normalized spacial score (nSPS) is 28.6. The second-order valence-corrected chi connectivity index (χ2v) is 56.5. The number of Topliss-reactive ketones (excluding diaryl/α,β-unsaturated/α-hetero) is 2. The molecule has 5 saturated heterocycles. The molecule has 10 heterocycles. The van der Waals surface area contributed by atoms with Gasteiger partial charge in [0.15, 0.2) is 42.7 Å². The van der Waals surface area contributed by atoms with Crippen LogP contribution in [0.4, 0.5) is 0 Å². The molecule has 123 heavy (non-hydrogen) atoms. The Bertz CT molecular complexity index is 5140. The highest BCUT2D eigenvalue weighted by Crippen LogP contribution is 2.44. The Hall–Kier alpha value is -7.33. The minimum absolute atomic E-state index is 0.0679. The van der Waals surface area contributed by atoms with Crippen LogP contribution < -0.4 is 44.4 Å². The summed E-state index contributed by atoms with van der Waals surface area (Å²) in [5, 5.41) is 108. The molecular weight excluding hydrogens is 1700 g/mol. The molecule has 36 nitrogen and oxygen atoms in total. The van der Waals surface area contributed by atoms with Crippen molar-refractivity contribution in [2.75, 3.05) is 97.5 Å². The number of aromatic amines is 3. The van der Waals surface area contributed by atoms with Crippen LogP contribution in [0.5, 0.6) is 0 Å². The average Bonchev–Trinajstić information content (AvgIpc) is 1.69. The molecule has 0 aromatic carbocycles. The van der Waals surface area contributed by atoms with Gasteiger partial charge >= 0.3 is 17.1 Å². The number of rotatable bonds is 28. The van der Waals surface area contributed by atoms with Crippen LogP contribution in [0, 0.1) is 0 Å². The van der Waals surface area contributed by atoms with E-state index < -0.39 is 209 Å². The Balaban J connectivity index is 0.000000238. The minimum atomic E-state index is -1.42. The third kappa shape index (κ3) is 29.6. The number of nitrogens with zero attached hydrogens (tertiary/aromatic N) is 5. The van der Waals surface area contributed by atoms with Crippen LogP contribution in [0.15, 0.2) is 121 Å². The van der Waals surface area contributed by atoms with Gasteiger partial charge in [-0.2, -0.15) is 0 Å². The maximum atomic E-state index is 12.2. The standard InChI is InChI=1S/C17H25N2O7P.C17H25N2O6P.C17H27N2O5P.C16H25N2O4P.C15H25N2O4P/c1-9(20)7-11(21)10-8-19(17(25)18-15(10)24)16-14(23)13(22)12(26-16)5-6-27(2,3)4;1-10(20)5-6-11-9-19(17(24)18-15(11)23)16-14(22)13(21)12(25-16)7-8-26(2,3)4;1-5-6-7-11-10-19(17(23)18-15(11)22)16-14(21)13(20)12(24-16)8-9-25(2,3)4;1-6-11-9-18(10(2)17-15(11)21)16-14(20)13(19)12(22-16)7-8-23(3,4)5;1-9-8-17(10(2)16-14(9)20)15-13(19)12(18)11(21-15)6-7-22(3,4)5/h8,12-14,16,22-23H,2,5-7H2,1,3-4H3,(H,18,24,25);5-6,9,12-14,16,21-22H,2,7-8H2,1,3-4H3,(H,18,23,24);6-7,10,12-14,16,20-21H,2,5,8-9H2,1,3-4H3,(H,18,22,23);6,9,12-14,16,19-20H,1-3,7-8H2,4-5H3,(H,17,21);8,11-13,15,18-19H,2-3,6-7H2,1,4-5H3,(H,16,20)/b;6-5+;7-6+;;/t4*12-,13-,14-,16?;11-,12-,13-,15?/m11111/s1. The zero-order valence-electron chi connectivity index (χ0n) is 72.4. The topological polar surface area (TPSA) is 529 Å². The SMILES string of the molecule is C=C1NC(=O)C(C)=CN1C1O[C@H](CCP(=C)(C)C)[C@@H](O)[C@H]1O.C=CC1=CN(C2O[C@H](CCP(=C)(C)C)[C@@H](O)[C@H]2O)C(=C)NC1=O.C=P(C)(C)CC[C@H]1OC(n2cc(/C=C/C(C)=O)c(=O)[nH]c2=O)[C@H](O)[C@@H]1O.C=P(C)(C)CC[C@H]1OC(n2cc(/C=C/CC)c(=O)[nH]c2=O)[C@H](O)[C@@H]1O.C=P(C)(C)CC[C@H]1OC(n2cc(C(=O)CC(C)=O)c(=O)[nH]c2=O)[C@H](O)[C@@H]1O. The van der Waals surface area contributed by atoms with Gasteiger partial charge in [0, 0.05) is 36.6 Å². The van der Waals surface area contributed by atoms with E-state index in [1.807, 2.05) is 25.2 Å².